The number of methoxy groups -OCH3 is 2. The van der Waals surface area contributed by atoms with Gasteiger partial charge in [0.25, 0.3) is 0 Å². The van der Waals surface area contributed by atoms with Crippen LogP contribution in [0, 0.1) is 0 Å². The molecule has 0 saturated heterocycles. The standard InChI is InChI=1S/C17H18N2O4/c1-22-14-7-6-13(10-15(14)23-2)19-16(20)9-11-4-3-5-12(8-11)17(18)21/h3-8,10H,9H2,1-2H3,(H2,18,21)(H,19,20). The summed E-state index contributed by atoms with van der Waals surface area (Å²) >= 11 is 0. The maximum absolute atomic E-state index is 12.1. The Labute approximate surface area is 134 Å². The van der Waals surface area contributed by atoms with Gasteiger partial charge in [0.2, 0.25) is 11.8 Å². The van der Waals surface area contributed by atoms with Crippen LogP contribution in [0.3, 0.4) is 0 Å². The first kappa shape index (κ1) is 16.4. The van der Waals surface area contributed by atoms with Crippen LogP contribution in [0.1, 0.15) is 15.9 Å². The molecule has 0 aliphatic rings. The Morgan fingerprint density at radius 3 is 2.43 bits per heavy atom. The Bertz CT molecular complexity index is 728. The van der Waals surface area contributed by atoms with Crippen LogP contribution in [0.2, 0.25) is 0 Å². The third-order valence-corrected chi connectivity index (χ3v) is 3.24. The molecule has 0 aliphatic carbocycles. The summed E-state index contributed by atoms with van der Waals surface area (Å²) in [6.07, 6.45) is 0.134. The van der Waals surface area contributed by atoms with E-state index in [0.29, 0.717) is 28.3 Å². The predicted octanol–water partition coefficient (Wildman–Crippen LogP) is 1.98. The van der Waals surface area contributed by atoms with Gasteiger partial charge in [0, 0.05) is 17.3 Å². The summed E-state index contributed by atoms with van der Waals surface area (Å²) < 4.78 is 10.3. The van der Waals surface area contributed by atoms with E-state index in [4.69, 9.17) is 15.2 Å². The molecular formula is C17H18N2O4. The van der Waals surface area contributed by atoms with E-state index >= 15 is 0 Å². The minimum atomic E-state index is -0.521. The van der Waals surface area contributed by atoms with Crippen LogP contribution in [0.4, 0.5) is 5.69 Å². The molecule has 0 aromatic heterocycles. The number of nitrogens with two attached hydrogens (primary N) is 1. The Balaban J connectivity index is 2.08. The van der Waals surface area contributed by atoms with Gasteiger partial charge >= 0.3 is 0 Å². The van der Waals surface area contributed by atoms with Crippen molar-refractivity contribution >= 4 is 17.5 Å². The fraction of sp³-hybridized carbons (Fsp3) is 0.176. The van der Waals surface area contributed by atoms with Gasteiger partial charge in [0.15, 0.2) is 11.5 Å². The molecule has 0 fully saturated rings. The summed E-state index contributed by atoms with van der Waals surface area (Å²) in [5.74, 6) is 0.381. The normalized spacial score (nSPS) is 10.0. The van der Waals surface area contributed by atoms with Gasteiger partial charge in [-0.15, -0.1) is 0 Å². The van der Waals surface area contributed by atoms with Gasteiger partial charge in [-0.2, -0.15) is 0 Å². The third-order valence-electron chi connectivity index (χ3n) is 3.24. The lowest BCUT2D eigenvalue weighted by molar-refractivity contribution is -0.115. The van der Waals surface area contributed by atoms with Gasteiger partial charge in [0.1, 0.15) is 0 Å². The van der Waals surface area contributed by atoms with Gasteiger partial charge in [-0.3, -0.25) is 9.59 Å². The highest BCUT2D eigenvalue weighted by Gasteiger charge is 2.09. The molecule has 6 nitrogen and oxygen atoms in total. The number of amides is 2. The number of primary amides is 1. The number of hydrogen-bond acceptors (Lipinski definition) is 4. The molecule has 2 amide bonds. The monoisotopic (exact) mass is 314 g/mol. The minimum absolute atomic E-state index is 0.134. The zero-order valence-electron chi connectivity index (χ0n) is 13.0. The summed E-state index contributed by atoms with van der Waals surface area (Å²) in [6.45, 7) is 0. The SMILES string of the molecule is COc1ccc(NC(=O)Cc2cccc(C(N)=O)c2)cc1OC. The van der Waals surface area contributed by atoms with Crippen molar-refractivity contribution in [2.24, 2.45) is 5.73 Å². The lowest BCUT2D eigenvalue weighted by Gasteiger charge is -2.10. The third kappa shape index (κ3) is 4.23. The summed E-state index contributed by atoms with van der Waals surface area (Å²) in [5, 5.41) is 2.77. The molecule has 120 valence electrons. The average Bonchev–Trinajstić information content (AvgIpc) is 2.54. The maximum atomic E-state index is 12.1. The molecule has 0 heterocycles. The fourth-order valence-corrected chi connectivity index (χ4v) is 2.14. The summed E-state index contributed by atoms with van der Waals surface area (Å²) in [7, 11) is 3.07. The van der Waals surface area contributed by atoms with E-state index in [1.807, 2.05) is 0 Å². The summed E-state index contributed by atoms with van der Waals surface area (Å²) in [4.78, 5) is 23.3. The molecule has 0 aliphatic heterocycles. The number of rotatable bonds is 6. The van der Waals surface area contributed by atoms with Crippen molar-refractivity contribution < 1.29 is 19.1 Å². The molecule has 0 unspecified atom stereocenters. The van der Waals surface area contributed by atoms with E-state index in [1.54, 1.807) is 49.6 Å². The second-order valence-corrected chi connectivity index (χ2v) is 4.86. The minimum Gasteiger partial charge on any atom is -0.493 e. The van der Waals surface area contributed by atoms with Crippen molar-refractivity contribution in [1.82, 2.24) is 0 Å². The molecule has 2 aromatic carbocycles. The molecule has 0 spiro atoms. The van der Waals surface area contributed by atoms with Crippen molar-refractivity contribution in [1.29, 1.82) is 0 Å². The van der Waals surface area contributed by atoms with E-state index in [9.17, 15) is 9.59 Å². The number of benzene rings is 2. The maximum Gasteiger partial charge on any atom is 0.248 e. The summed E-state index contributed by atoms with van der Waals surface area (Å²) in [6, 6.07) is 11.8. The van der Waals surface area contributed by atoms with Crippen LogP contribution >= 0.6 is 0 Å². The molecule has 2 rings (SSSR count). The quantitative estimate of drug-likeness (QED) is 0.853. The van der Waals surface area contributed by atoms with Gasteiger partial charge in [-0.1, -0.05) is 12.1 Å². The van der Waals surface area contributed by atoms with Crippen molar-refractivity contribution in [3.8, 4) is 11.5 Å². The van der Waals surface area contributed by atoms with Gasteiger partial charge in [-0.05, 0) is 29.8 Å². The molecule has 0 saturated carbocycles. The van der Waals surface area contributed by atoms with Crippen LogP contribution in [0.5, 0.6) is 11.5 Å². The molecule has 0 bridgehead atoms. The number of carbonyl (C=O) groups is 2. The van der Waals surface area contributed by atoms with Crippen molar-refractivity contribution in [2.75, 3.05) is 19.5 Å². The largest absolute Gasteiger partial charge is 0.493 e. The van der Waals surface area contributed by atoms with Crippen molar-refractivity contribution in [3.05, 3.63) is 53.6 Å². The Morgan fingerprint density at radius 2 is 1.78 bits per heavy atom. The first-order chi connectivity index (χ1) is 11.0. The molecule has 23 heavy (non-hydrogen) atoms. The molecule has 0 radical (unpaired) electrons. The van der Waals surface area contributed by atoms with Crippen molar-refractivity contribution in [2.45, 2.75) is 6.42 Å². The number of nitrogens with one attached hydrogen (secondary N) is 1. The van der Waals surface area contributed by atoms with Crippen LogP contribution in [0.25, 0.3) is 0 Å². The second kappa shape index (κ2) is 7.31. The lowest BCUT2D eigenvalue weighted by Crippen LogP contribution is -2.16. The first-order valence-corrected chi connectivity index (χ1v) is 6.94. The lowest BCUT2D eigenvalue weighted by atomic mass is 10.1. The highest BCUT2D eigenvalue weighted by molar-refractivity contribution is 5.95. The second-order valence-electron chi connectivity index (χ2n) is 4.86. The molecule has 2 aromatic rings. The molecular weight excluding hydrogens is 296 g/mol. The Hall–Kier alpha value is -3.02. The van der Waals surface area contributed by atoms with Gasteiger partial charge in [-0.25, -0.2) is 0 Å². The van der Waals surface area contributed by atoms with E-state index in [-0.39, 0.29) is 12.3 Å². The van der Waals surface area contributed by atoms with Crippen LogP contribution in [0.15, 0.2) is 42.5 Å². The van der Waals surface area contributed by atoms with E-state index in [2.05, 4.69) is 5.32 Å². The number of anilines is 1. The number of ether oxygens (including phenoxy) is 2. The molecule has 0 atom stereocenters. The molecule has 6 heteroatoms. The van der Waals surface area contributed by atoms with Crippen molar-refractivity contribution in [3.63, 3.8) is 0 Å². The summed E-state index contributed by atoms with van der Waals surface area (Å²) in [5.41, 5.74) is 6.91. The highest BCUT2D eigenvalue weighted by Crippen LogP contribution is 2.29. The average molecular weight is 314 g/mol. The molecule has 3 N–H and O–H groups in total. The fourth-order valence-electron chi connectivity index (χ4n) is 2.14. The van der Waals surface area contributed by atoms with Gasteiger partial charge < -0.3 is 20.5 Å². The predicted molar refractivity (Wildman–Crippen MR) is 86.8 cm³/mol. The van der Waals surface area contributed by atoms with Crippen LogP contribution < -0.4 is 20.5 Å². The van der Waals surface area contributed by atoms with Gasteiger partial charge in [0.05, 0.1) is 20.6 Å². The first-order valence-electron chi connectivity index (χ1n) is 6.94. The number of hydrogen-bond donors (Lipinski definition) is 2. The number of carbonyl (C=O) groups excluding carboxylic acids is 2. The van der Waals surface area contributed by atoms with Crippen LogP contribution in [-0.4, -0.2) is 26.0 Å². The van der Waals surface area contributed by atoms with E-state index in [0.717, 1.165) is 0 Å². The zero-order valence-corrected chi connectivity index (χ0v) is 13.0. The topological polar surface area (TPSA) is 90.6 Å². The van der Waals surface area contributed by atoms with Crippen LogP contribution in [-0.2, 0) is 11.2 Å². The van der Waals surface area contributed by atoms with E-state index < -0.39 is 5.91 Å². The highest BCUT2D eigenvalue weighted by atomic mass is 16.5. The van der Waals surface area contributed by atoms with E-state index in [1.165, 1.54) is 7.11 Å². The zero-order chi connectivity index (χ0) is 16.8. The Morgan fingerprint density at radius 1 is 1.04 bits per heavy atom. The Kier molecular flexibility index (Phi) is 5.19. The smallest absolute Gasteiger partial charge is 0.248 e.